The van der Waals surface area contributed by atoms with Gasteiger partial charge in [0.2, 0.25) is 5.78 Å². The van der Waals surface area contributed by atoms with Crippen LogP contribution >= 0.6 is 11.8 Å². The van der Waals surface area contributed by atoms with Crippen LogP contribution in [0.5, 0.6) is 11.5 Å². The summed E-state index contributed by atoms with van der Waals surface area (Å²) in [5.41, 5.74) is 0.781. The quantitative estimate of drug-likeness (QED) is 0.435. The molecule has 0 aliphatic heterocycles. The Kier molecular flexibility index (Phi) is 6.26. The molecule has 126 valence electrons. The van der Waals surface area contributed by atoms with E-state index in [9.17, 15) is 9.59 Å². The van der Waals surface area contributed by atoms with Crippen molar-refractivity contribution in [3.63, 3.8) is 0 Å². The molecule has 0 heterocycles. The molecular weight excluding hydrogens is 328 g/mol. The maximum atomic E-state index is 12.3. The topological polar surface area (TPSA) is 61.8 Å². The van der Waals surface area contributed by atoms with Crippen LogP contribution in [0.3, 0.4) is 0 Å². The Hall–Kier alpha value is -2.47. The molecule has 6 heteroatoms. The summed E-state index contributed by atoms with van der Waals surface area (Å²) in [6.07, 6.45) is 1.87. The lowest BCUT2D eigenvalue weighted by atomic mass is 10.1. The Morgan fingerprint density at radius 3 is 2.42 bits per heavy atom. The Labute approximate surface area is 144 Å². The molecule has 0 amide bonds. The van der Waals surface area contributed by atoms with E-state index in [1.807, 2.05) is 18.4 Å². The largest absolute Gasteiger partial charge is 0.497 e. The molecule has 0 fully saturated rings. The SMILES string of the molecule is COc1ccc(C(=O)COC(=O)c2ccccc2SC)c(OC)c1. The second-order valence-corrected chi connectivity index (χ2v) is 5.61. The van der Waals surface area contributed by atoms with Crippen LogP contribution in [0.15, 0.2) is 47.4 Å². The fourth-order valence-corrected chi connectivity index (χ4v) is 2.71. The number of ketones is 1. The van der Waals surface area contributed by atoms with E-state index in [4.69, 9.17) is 14.2 Å². The molecule has 0 aliphatic carbocycles. The molecule has 2 aromatic carbocycles. The van der Waals surface area contributed by atoms with Crippen LogP contribution in [-0.2, 0) is 4.74 Å². The highest BCUT2D eigenvalue weighted by molar-refractivity contribution is 7.98. The molecule has 0 atom stereocenters. The van der Waals surface area contributed by atoms with Gasteiger partial charge in [-0.1, -0.05) is 12.1 Å². The molecule has 0 unspecified atom stereocenters. The highest BCUT2D eigenvalue weighted by atomic mass is 32.2. The maximum absolute atomic E-state index is 12.3. The maximum Gasteiger partial charge on any atom is 0.339 e. The Balaban J connectivity index is 2.09. The van der Waals surface area contributed by atoms with E-state index in [2.05, 4.69) is 0 Å². The van der Waals surface area contributed by atoms with E-state index in [-0.39, 0.29) is 12.4 Å². The number of rotatable bonds is 7. The third-order valence-corrected chi connectivity index (χ3v) is 4.17. The summed E-state index contributed by atoms with van der Waals surface area (Å²) in [7, 11) is 2.99. The van der Waals surface area contributed by atoms with Crippen molar-refractivity contribution < 1.29 is 23.8 Å². The van der Waals surface area contributed by atoms with Crippen LogP contribution in [0.25, 0.3) is 0 Å². The summed E-state index contributed by atoms with van der Waals surface area (Å²) in [6.45, 7) is -0.357. The molecule has 0 saturated carbocycles. The Morgan fingerprint density at radius 2 is 1.75 bits per heavy atom. The minimum absolute atomic E-state index is 0.337. The number of ether oxygens (including phenoxy) is 3. The number of methoxy groups -OCH3 is 2. The zero-order chi connectivity index (χ0) is 17.5. The molecule has 0 aliphatic rings. The van der Waals surface area contributed by atoms with Gasteiger partial charge in [0, 0.05) is 11.0 Å². The molecule has 0 aromatic heterocycles. The molecular formula is C18H18O5S. The zero-order valence-electron chi connectivity index (χ0n) is 13.7. The first-order valence-electron chi connectivity index (χ1n) is 7.16. The van der Waals surface area contributed by atoms with Gasteiger partial charge in [0.05, 0.1) is 25.3 Å². The van der Waals surface area contributed by atoms with Gasteiger partial charge >= 0.3 is 5.97 Å². The predicted molar refractivity (Wildman–Crippen MR) is 92.4 cm³/mol. The van der Waals surface area contributed by atoms with Crippen LogP contribution < -0.4 is 9.47 Å². The molecule has 0 spiro atoms. The molecule has 0 N–H and O–H groups in total. The number of carbonyl (C=O) groups excluding carboxylic acids is 2. The lowest BCUT2D eigenvalue weighted by molar-refractivity contribution is 0.0470. The number of benzene rings is 2. The van der Waals surface area contributed by atoms with Gasteiger partial charge in [0.25, 0.3) is 0 Å². The average molecular weight is 346 g/mol. The normalized spacial score (nSPS) is 10.1. The van der Waals surface area contributed by atoms with Gasteiger partial charge in [-0.05, 0) is 30.5 Å². The smallest absolute Gasteiger partial charge is 0.339 e. The first-order valence-corrected chi connectivity index (χ1v) is 8.38. The third-order valence-electron chi connectivity index (χ3n) is 3.37. The summed E-state index contributed by atoms with van der Waals surface area (Å²) < 4.78 is 15.4. The number of hydrogen-bond donors (Lipinski definition) is 0. The number of hydrogen-bond acceptors (Lipinski definition) is 6. The van der Waals surface area contributed by atoms with Crippen molar-refractivity contribution in [2.45, 2.75) is 4.90 Å². The summed E-state index contributed by atoms with van der Waals surface area (Å²) in [6, 6.07) is 11.9. The van der Waals surface area contributed by atoms with Crippen LogP contribution in [0.1, 0.15) is 20.7 Å². The predicted octanol–water partition coefficient (Wildman–Crippen LogP) is 3.47. The van der Waals surface area contributed by atoms with Crippen molar-refractivity contribution in [2.24, 2.45) is 0 Å². The standard InChI is InChI=1S/C18H18O5S/c1-21-12-8-9-13(16(10-12)22-2)15(19)11-23-18(20)14-6-4-5-7-17(14)24-3/h4-10H,11H2,1-3H3. The van der Waals surface area contributed by atoms with E-state index >= 15 is 0 Å². The number of thioether (sulfide) groups is 1. The van der Waals surface area contributed by atoms with Crippen molar-refractivity contribution in [1.82, 2.24) is 0 Å². The van der Waals surface area contributed by atoms with E-state index in [1.54, 1.807) is 30.3 Å². The van der Waals surface area contributed by atoms with Crippen molar-refractivity contribution in [3.05, 3.63) is 53.6 Å². The van der Waals surface area contributed by atoms with Crippen LogP contribution in [-0.4, -0.2) is 38.8 Å². The first kappa shape index (κ1) is 17.9. The molecule has 0 bridgehead atoms. The summed E-state index contributed by atoms with van der Waals surface area (Å²) in [5.74, 6) is 0.0828. The number of esters is 1. The van der Waals surface area contributed by atoms with Gasteiger partial charge in [-0.3, -0.25) is 4.79 Å². The second-order valence-electron chi connectivity index (χ2n) is 4.77. The third kappa shape index (κ3) is 4.08. The van der Waals surface area contributed by atoms with Gasteiger partial charge in [0.15, 0.2) is 6.61 Å². The minimum Gasteiger partial charge on any atom is -0.497 e. The first-order chi connectivity index (χ1) is 11.6. The zero-order valence-corrected chi connectivity index (χ0v) is 14.5. The van der Waals surface area contributed by atoms with Crippen LogP contribution in [0.4, 0.5) is 0 Å². The van der Waals surface area contributed by atoms with E-state index in [0.29, 0.717) is 22.6 Å². The van der Waals surface area contributed by atoms with Crippen molar-refractivity contribution in [1.29, 1.82) is 0 Å². The molecule has 24 heavy (non-hydrogen) atoms. The van der Waals surface area contributed by atoms with Crippen molar-refractivity contribution in [3.8, 4) is 11.5 Å². The second kappa shape index (κ2) is 8.40. The van der Waals surface area contributed by atoms with E-state index < -0.39 is 5.97 Å². The molecule has 5 nitrogen and oxygen atoms in total. The monoisotopic (exact) mass is 346 g/mol. The van der Waals surface area contributed by atoms with Crippen LogP contribution in [0, 0.1) is 0 Å². The van der Waals surface area contributed by atoms with E-state index in [1.165, 1.54) is 26.0 Å². The average Bonchev–Trinajstić information content (AvgIpc) is 2.65. The molecule has 0 radical (unpaired) electrons. The highest BCUT2D eigenvalue weighted by Gasteiger charge is 2.17. The minimum atomic E-state index is -0.527. The number of Topliss-reactive ketones (excluding diaryl/α,β-unsaturated/α-hetero) is 1. The fourth-order valence-electron chi connectivity index (χ4n) is 2.13. The van der Waals surface area contributed by atoms with E-state index in [0.717, 1.165) is 4.90 Å². The molecule has 2 rings (SSSR count). The Bertz CT molecular complexity index is 742. The molecule has 2 aromatic rings. The fraction of sp³-hybridized carbons (Fsp3) is 0.222. The van der Waals surface area contributed by atoms with Gasteiger partial charge in [-0.2, -0.15) is 0 Å². The van der Waals surface area contributed by atoms with Crippen molar-refractivity contribution in [2.75, 3.05) is 27.1 Å². The summed E-state index contributed by atoms with van der Waals surface area (Å²) >= 11 is 1.44. The van der Waals surface area contributed by atoms with Gasteiger partial charge in [-0.15, -0.1) is 11.8 Å². The molecule has 0 saturated heterocycles. The highest BCUT2D eigenvalue weighted by Crippen LogP contribution is 2.25. The van der Waals surface area contributed by atoms with Crippen molar-refractivity contribution >= 4 is 23.5 Å². The summed E-state index contributed by atoms with van der Waals surface area (Å²) in [5, 5.41) is 0. The lowest BCUT2D eigenvalue weighted by Crippen LogP contribution is -2.15. The van der Waals surface area contributed by atoms with Gasteiger partial charge in [0.1, 0.15) is 11.5 Å². The lowest BCUT2D eigenvalue weighted by Gasteiger charge is -2.10. The number of carbonyl (C=O) groups is 2. The van der Waals surface area contributed by atoms with Crippen LogP contribution in [0.2, 0.25) is 0 Å². The van der Waals surface area contributed by atoms with Gasteiger partial charge < -0.3 is 14.2 Å². The Morgan fingerprint density at radius 1 is 1.00 bits per heavy atom. The summed E-state index contributed by atoms with van der Waals surface area (Å²) in [4.78, 5) is 25.3. The van der Waals surface area contributed by atoms with Gasteiger partial charge in [-0.25, -0.2) is 4.79 Å².